The Morgan fingerprint density at radius 3 is 2.36 bits per heavy atom. The van der Waals surface area contributed by atoms with Crippen molar-refractivity contribution in [3.63, 3.8) is 0 Å². The van der Waals surface area contributed by atoms with E-state index in [9.17, 15) is 14.7 Å². The van der Waals surface area contributed by atoms with Crippen molar-refractivity contribution in [3.05, 3.63) is 23.8 Å². The Morgan fingerprint density at radius 1 is 1.27 bits per heavy atom. The Bertz CT molecular complexity index is 599. The number of rotatable bonds is 4. The lowest BCUT2D eigenvalue weighted by Crippen LogP contribution is -2.27. The fourth-order valence-corrected chi connectivity index (χ4v) is 2.27. The number of hydrogen-bond donors (Lipinski definition) is 2. The van der Waals surface area contributed by atoms with Crippen molar-refractivity contribution in [2.45, 2.75) is 44.6 Å². The fraction of sp³-hybridized carbons (Fsp3) is 0.500. The number of carbonyl (C=O) groups is 2. The molecule has 2 rings (SSSR count). The molecule has 0 radical (unpaired) electrons. The molecule has 0 aliphatic heterocycles. The van der Waals surface area contributed by atoms with E-state index >= 15 is 0 Å². The second kappa shape index (κ2) is 5.51. The molecule has 1 aliphatic carbocycles. The molecule has 6 heteroatoms. The minimum atomic E-state index is -0.846. The Hall–Kier alpha value is -2.24. The van der Waals surface area contributed by atoms with Gasteiger partial charge in [0.1, 0.15) is 11.4 Å². The molecule has 0 aromatic heterocycles. The van der Waals surface area contributed by atoms with Crippen LogP contribution < -0.4 is 10.1 Å². The zero-order valence-electron chi connectivity index (χ0n) is 13.2. The van der Waals surface area contributed by atoms with Crippen LogP contribution in [0.5, 0.6) is 5.75 Å². The number of methoxy groups -OCH3 is 1. The van der Waals surface area contributed by atoms with Crippen LogP contribution in [0, 0.1) is 0 Å². The van der Waals surface area contributed by atoms with E-state index in [0.717, 1.165) is 0 Å². The first-order valence-corrected chi connectivity index (χ1v) is 7.10. The van der Waals surface area contributed by atoms with Gasteiger partial charge in [-0.25, -0.2) is 4.79 Å². The van der Waals surface area contributed by atoms with Crippen LogP contribution in [0.2, 0.25) is 0 Å². The number of aliphatic carboxylic acids is 1. The molecule has 0 unspecified atom stereocenters. The molecule has 1 aromatic rings. The Morgan fingerprint density at radius 2 is 1.91 bits per heavy atom. The highest BCUT2D eigenvalue weighted by atomic mass is 16.6. The second-order valence-corrected chi connectivity index (χ2v) is 6.43. The van der Waals surface area contributed by atoms with E-state index in [2.05, 4.69) is 5.32 Å². The average Bonchev–Trinajstić information content (AvgIpc) is 3.17. The molecule has 0 bridgehead atoms. The lowest BCUT2D eigenvalue weighted by atomic mass is 9.95. The van der Waals surface area contributed by atoms with Gasteiger partial charge in [-0.15, -0.1) is 0 Å². The molecule has 22 heavy (non-hydrogen) atoms. The van der Waals surface area contributed by atoms with Gasteiger partial charge in [-0.2, -0.15) is 0 Å². The van der Waals surface area contributed by atoms with E-state index < -0.39 is 23.1 Å². The van der Waals surface area contributed by atoms with Crippen molar-refractivity contribution in [2.75, 3.05) is 12.4 Å². The molecular formula is C16H21NO5. The molecule has 1 fully saturated rings. The Labute approximate surface area is 129 Å². The molecule has 2 N–H and O–H groups in total. The lowest BCUT2D eigenvalue weighted by Gasteiger charge is -2.21. The first kappa shape index (κ1) is 16.1. The summed E-state index contributed by atoms with van der Waals surface area (Å²) in [6.45, 7) is 5.30. The van der Waals surface area contributed by atoms with E-state index in [1.54, 1.807) is 39.0 Å². The summed E-state index contributed by atoms with van der Waals surface area (Å²) in [7, 11) is 1.49. The number of anilines is 1. The van der Waals surface area contributed by atoms with Crippen LogP contribution in [0.3, 0.4) is 0 Å². The van der Waals surface area contributed by atoms with Gasteiger partial charge in [0, 0.05) is 0 Å². The number of amides is 1. The van der Waals surface area contributed by atoms with Crippen molar-refractivity contribution < 1.29 is 24.2 Å². The summed E-state index contributed by atoms with van der Waals surface area (Å²) >= 11 is 0. The molecule has 0 spiro atoms. The maximum absolute atomic E-state index is 11.9. The number of benzene rings is 1. The van der Waals surface area contributed by atoms with Crippen molar-refractivity contribution in [3.8, 4) is 5.75 Å². The predicted molar refractivity (Wildman–Crippen MR) is 81.4 cm³/mol. The largest absolute Gasteiger partial charge is 0.495 e. The average molecular weight is 307 g/mol. The molecular weight excluding hydrogens is 286 g/mol. The molecule has 0 heterocycles. The normalized spacial score (nSPS) is 15.8. The maximum atomic E-state index is 11.9. The summed E-state index contributed by atoms with van der Waals surface area (Å²) in [6.07, 6.45) is 0.587. The van der Waals surface area contributed by atoms with Crippen LogP contribution in [-0.2, 0) is 14.9 Å². The molecule has 1 aromatic carbocycles. The summed E-state index contributed by atoms with van der Waals surface area (Å²) < 4.78 is 10.4. The smallest absolute Gasteiger partial charge is 0.412 e. The molecule has 120 valence electrons. The SMILES string of the molecule is COc1ccc(C2(C(=O)O)CC2)cc1NC(=O)OC(C)(C)C. The number of carboxylic acid groups (broad SMARTS) is 1. The zero-order chi connectivity index (χ0) is 16.5. The molecule has 1 aliphatic rings. The molecule has 6 nitrogen and oxygen atoms in total. The van der Waals surface area contributed by atoms with Crippen LogP contribution in [0.15, 0.2) is 18.2 Å². The van der Waals surface area contributed by atoms with Gasteiger partial charge >= 0.3 is 12.1 Å². The predicted octanol–water partition coefficient (Wildman–Crippen LogP) is 3.16. The van der Waals surface area contributed by atoms with Crippen molar-refractivity contribution in [1.82, 2.24) is 0 Å². The van der Waals surface area contributed by atoms with Gasteiger partial charge in [-0.05, 0) is 51.3 Å². The van der Waals surface area contributed by atoms with Gasteiger partial charge in [0.15, 0.2) is 0 Å². The number of hydrogen-bond acceptors (Lipinski definition) is 4. The third-order valence-corrected chi connectivity index (χ3v) is 3.55. The van der Waals surface area contributed by atoms with E-state index in [4.69, 9.17) is 9.47 Å². The first-order valence-electron chi connectivity index (χ1n) is 7.10. The van der Waals surface area contributed by atoms with E-state index in [0.29, 0.717) is 29.8 Å². The van der Waals surface area contributed by atoms with E-state index in [1.807, 2.05) is 0 Å². The van der Waals surface area contributed by atoms with Gasteiger partial charge in [-0.3, -0.25) is 10.1 Å². The second-order valence-electron chi connectivity index (χ2n) is 6.43. The number of carbonyl (C=O) groups excluding carboxylic acids is 1. The topological polar surface area (TPSA) is 84.9 Å². The third kappa shape index (κ3) is 3.32. The van der Waals surface area contributed by atoms with Crippen LogP contribution >= 0.6 is 0 Å². The van der Waals surface area contributed by atoms with Gasteiger partial charge in [0.25, 0.3) is 0 Å². The van der Waals surface area contributed by atoms with Gasteiger partial charge in [0.2, 0.25) is 0 Å². The summed E-state index contributed by atoms with van der Waals surface area (Å²) in [6, 6.07) is 5.02. The van der Waals surface area contributed by atoms with Gasteiger partial charge < -0.3 is 14.6 Å². The zero-order valence-corrected chi connectivity index (χ0v) is 13.2. The number of ether oxygens (including phenoxy) is 2. The first-order chi connectivity index (χ1) is 10.2. The minimum Gasteiger partial charge on any atom is -0.495 e. The van der Waals surface area contributed by atoms with Crippen molar-refractivity contribution >= 4 is 17.7 Å². The molecule has 0 saturated heterocycles. The Balaban J connectivity index is 2.26. The Kier molecular flexibility index (Phi) is 4.04. The minimum absolute atomic E-state index is 0.404. The summed E-state index contributed by atoms with van der Waals surface area (Å²) in [5.74, 6) is -0.392. The molecule has 1 saturated carbocycles. The van der Waals surface area contributed by atoms with Crippen molar-refractivity contribution in [2.24, 2.45) is 0 Å². The summed E-state index contributed by atoms with van der Waals surface area (Å²) in [5.41, 5.74) is -0.390. The van der Waals surface area contributed by atoms with E-state index in [1.165, 1.54) is 7.11 Å². The van der Waals surface area contributed by atoms with Crippen LogP contribution in [0.25, 0.3) is 0 Å². The van der Waals surface area contributed by atoms with Crippen molar-refractivity contribution in [1.29, 1.82) is 0 Å². The molecule has 1 amide bonds. The maximum Gasteiger partial charge on any atom is 0.412 e. The van der Waals surface area contributed by atoms with Crippen LogP contribution in [0.4, 0.5) is 10.5 Å². The number of nitrogens with one attached hydrogen (secondary N) is 1. The monoisotopic (exact) mass is 307 g/mol. The molecule has 0 atom stereocenters. The quantitative estimate of drug-likeness (QED) is 0.892. The fourth-order valence-electron chi connectivity index (χ4n) is 2.27. The summed E-state index contributed by atoms with van der Waals surface area (Å²) in [5, 5.41) is 12.0. The van der Waals surface area contributed by atoms with Crippen LogP contribution in [0.1, 0.15) is 39.2 Å². The van der Waals surface area contributed by atoms with Crippen LogP contribution in [-0.4, -0.2) is 29.9 Å². The van der Waals surface area contributed by atoms with Gasteiger partial charge in [0.05, 0.1) is 18.2 Å². The van der Waals surface area contributed by atoms with Gasteiger partial charge in [-0.1, -0.05) is 6.07 Å². The lowest BCUT2D eigenvalue weighted by molar-refractivity contribution is -0.140. The number of carboxylic acids is 1. The highest BCUT2D eigenvalue weighted by Crippen LogP contribution is 2.49. The van der Waals surface area contributed by atoms with E-state index in [-0.39, 0.29) is 0 Å². The summed E-state index contributed by atoms with van der Waals surface area (Å²) in [4.78, 5) is 23.3. The highest BCUT2D eigenvalue weighted by Gasteiger charge is 2.51. The standard InChI is InChI=1S/C16H21NO5/c1-15(2,3)22-14(20)17-11-9-10(5-6-12(11)21-4)16(7-8-16)13(18)19/h5-6,9H,7-8H2,1-4H3,(H,17,20)(H,18,19). The highest BCUT2D eigenvalue weighted by molar-refractivity contribution is 5.89. The third-order valence-electron chi connectivity index (χ3n) is 3.55.